The van der Waals surface area contributed by atoms with Crippen molar-refractivity contribution in [2.75, 3.05) is 0 Å². The van der Waals surface area contributed by atoms with Crippen molar-refractivity contribution in [1.29, 1.82) is 0 Å². The molecule has 1 radical (unpaired) electrons. The minimum absolute atomic E-state index is 0. The molecule has 2 N–H and O–H groups in total. The molecule has 0 bridgehead atoms. The Morgan fingerprint density at radius 2 is 0.700 bits per heavy atom. The molecule has 0 unspecified atom stereocenters. The normalized spacial score (nSPS) is 14.8. The van der Waals surface area contributed by atoms with Gasteiger partial charge in [0.1, 0.15) is 23.6 Å². The van der Waals surface area contributed by atoms with Gasteiger partial charge in [0, 0.05) is 40.3 Å². The molecule has 2 atom stereocenters. The molecule has 0 aliphatic heterocycles. The van der Waals surface area contributed by atoms with E-state index < -0.39 is 31.6 Å². The van der Waals surface area contributed by atoms with Gasteiger partial charge < -0.3 is 10.2 Å². The number of hydrogen-bond donors (Lipinski definition) is 2. The number of allylic oxidation sites excluding steroid dienone is 4. The zero-order valence-corrected chi connectivity index (χ0v) is 39.3. The summed E-state index contributed by atoms with van der Waals surface area (Å²) >= 11 is -11.2. The number of nitrogens with zero attached hydrogens (tertiary/aromatic N) is 2. The van der Waals surface area contributed by atoms with Crippen LogP contribution < -0.4 is 0 Å². The van der Waals surface area contributed by atoms with Crippen molar-refractivity contribution in [2.45, 2.75) is 95.2 Å². The van der Waals surface area contributed by atoms with Crippen LogP contribution in [-0.2, 0) is 16.8 Å². The van der Waals surface area contributed by atoms with Crippen molar-refractivity contribution >= 4 is 43.5 Å². The third-order valence-electron chi connectivity index (χ3n) is 9.28. The van der Waals surface area contributed by atoms with E-state index in [9.17, 15) is 36.7 Å². The number of aliphatic hydroxyl groups is 2. The molecule has 0 aliphatic rings. The quantitative estimate of drug-likeness (QED) is 0.0390. The molecule has 0 amide bonds. The molecule has 4 aromatic rings. The van der Waals surface area contributed by atoms with Gasteiger partial charge in [0.2, 0.25) is 0 Å². The fourth-order valence-corrected chi connectivity index (χ4v) is 7.35. The van der Waals surface area contributed by atoms with E-state index in [-0.39, 0.29) is 51.0 Å². The average molecular weight is 992 g/mol. The van der Waals surface area contributed by atoms with Gasteiger partial charge in [0.25, 0.3) is 0 Å². The van der Waals surface area contributed by atoms with Gasteiger partial charge in [0.15, 0.2) is 11.6 Å². The Kier molecular flexibility index (Phi) is 16.4. The number of halogens is 6. The summed E-state index contributed by atoms with van der Waals surface area (Å²) in [6, 6.07) is 18.8. The average Bonchev–Trinajstić information content (AvgIpc) is 3.01. The Labute approximate surface area is 361 Å². The summed E-state index contributed by atoms with van der Waals surface area (Å²) in [5.74, 6) is -0.927. The van der Waals surface area contributed by atoms with Crippen LogP contribution in [0.25, 0.3) is 0 Å². The molecule has 0 saturated carbocycles. The number of rotatable bonds is 11. The van der Waals surface area contributed by atoms with Crippen LogP contribution in [0.15, 0.2) is 93.3 Å². The first-order valence-corrected chi connectivity index (χ1v) is 24.5. The molecule has 0 aliphatic carbocycles. The second kappa shape index (κ2) is 19.1. The number of ketones is 2. The zero-order chi connectivity index (χ0) is 45.0. The summed E-state index contributed by atoms with van der Waals surface area (Å²) in [7, 11) is 0. The van der Waals surface area contributed by atoms with Crippen LogP contribution in [0.4, 0.5) is 16.9 Å². The topological polar surface area (TPSA) is 99.3 Å². The molecule has 60 heavy (non-hydrogen) atoms. The van der Waals surface area contributed by atoms with Crippen LogP contribution in [0, 0.1) is 69.2 Å². The second-order valence-electron chi connectivity index (χ2n) is 15.5. The third kappa shape index (κ3) is 15.5. The molecule has 4 aromatic carbocycles. The first kappa shape index (κ1) is 51.7. The number of Topliss-reactive ketones (excluding diaryl/α,β-unsaturated/α-hetero) is 2. The molecular formula is C46H52CoF6N2O4Sb-. The van der Waals surface area contributed by atoms with Gasteiger partial charge in [-0.1, -0.05) is 94.0 Å². The molecular weight excluding hydrogens is 939 g/mol. The third-order valence-corrected chi connectivity index (χ3v) is 9.28. The van der Waals surface area contributed by atoms with E-state index in [1.807, 2.05) is 118 Å². The molecule has 0 fully saturated rings. The number of hydrogen-bond acceptors (Lipinski definition) is 6. The van der Waals surface area contributed by atoms with E-state index in [0.717, 1.165) is 66.8 Å². The first-order chi connectivity index (χ1) is 26.8. The Balaban J connectivity index is 0.00000142. The van der Waals surface area contributed by atoms with Crippen molar-refractivity contribution in [3.05, 3.63) is 161 Å². The fraction of sp³-hybridized carbons (Fsp3) is 0.304. The zero-order valence-electron chi connectivity index (χ0n) is 35.7. The molecule has 14 heteroatoms. The number of aryl methyl sites for hydroxylation is 10. The standard InChI is InChI=1S/C46H52N2O4.Co.6FH.Sb/c1-25-13-26(2)20-37(19-25)43(47-23-39(35(11)49)45(51)41-31(7)15-29(5)16-32(41)8)44(38-21-27(3)14-28(4)22-38)48-24-40(36(12)50)46(52)42-33(9)17-30(6)18-34(42)10;;;;;;;;/h13-24,43-44,49-50H,1-12H3;;6*1H;/q;;;;;;;;+5/p-6/b39-35+,40-36+,47-23?,48-24?;;;;;;;;/t43-,44-;;;;;;;;/m0......../s1. The summed E-state index contributed by atoms with van der Waals surface area (Å²) in [6.07, 6.45) is 2.92. The number of aliphatic imine (C=N–C) groups is 2. The van der Waals surface area contributed by atoms with Crippen LogP contribution in [0.1, 0.15) is 113 Å². The monoisotopic (exact) mass is 990 g/mol. The van der Waals surface area contributed by atoms with Crippen molar-refractivity contribution in [3.8, 4) is 0 Å². The summed E-state index contributed by atoms with van der Waals surface area (Å²) in [5, 5.41) is 21.8. The van der Waals surface area contributed by atoms with Crippen LogP contribution in [-0.4, -0.2) is 53.7 Å². The van der Waals surface area contributed by atoms with E-state index in [1.165, 1.54) is 26.3 Å². The predicted octanol–water partition coefficient (Wildman–Crippen LogP) is 13.3. The SMILES string of the molecule is C/C(O)=C(/C=N[C@@H](c1cc(C)cc(C)c1)[C@@H](N=C/C(C(=O)c1c(C)cc(C)cc1C)=C(/C)O)c1cc(C)cc(C)c1)C(=O)c1c(C)cc(C)cc1C.[Co].[F][Sb-]([F])([F])([F])([F])[F]. The van der Waals surface area contributed by atoms with E-state index in [4.69, 9.17) is 9.98 Å². The Morgan fingerprint density at radius 1 is 0.483 bits per heavy atom. The molecule has 0 aromatic heterocycles. The van der Waals surface area contributed by atoms with Crippen LogP contribution >= 0.6 is 0 Å². The second-order valence-corrected chi connectivity index (χ2v) is 20.9. The van der Waals surface area contributed by atoms with Gasteiger partial charge in [-0.15, -0.1) is 0 Å². The molecule has 6 nitrogen and oxygen atoms in total. The number of carbonyl (C=O) groups is 2. The van der Waals surface area contributed by atoms with Crippen molar-refractivity contribution in [2.24, 2.45) is 9.98 Å². The summed E-state index contributed by atoms with van der Waals surface area (Å²) in [5.41, 5.74) is 12.4. The van der Waals surface area contributed by atoms with Crippen LogP contribution in [0.5, 0.6) is 0 Å². The van der Waals surface area contributed by atoms with Gasteiger partial charge >= 0.3 is 36.4 Å². The fourth-order valence-electron chi connectivity index (χ4n) is 7.35. The molecule has 327 valence electrons. The Bertz CT molecular complexity index is 2180. The predicted molar refractivity (Wildman–Crippen MR) is 227 cm³/mol. The van der Waals surface area contributed by atoms with Gasteiger partial charge in [-0.3, -0.25) is 19.6 Å². The van der Waals surface area contributed by atoms with Crippen molar-refractivity contribution < 1.29 is 53.5 Å². The minimum atomic E-state index is -11.2. The maximum absolute atomic E-state index is 14.1. The van der Waals surface area contributed by atoms with Crippen LogP contribution in [0.3, 0.4) is 0 Å². The van der Waals surface area contributed by atoms with E-state index in [0.29, 0.717) is 11.1 Å². The van der Waals surface area contributed by atoms with E-state index >= 15 is 0 Å². The number of aliphatic hydroxyl groups excluding tert-OH is 2. The molecule has 4 rings (SSSR count). The summed E-state index contributed by atoms with van der Waals surface area (Å²) in [4.78, 5) is 38.3. The van der Waals surface area contributed by atoms with E-state index in [2.05, 4.69) is 12.1 Å². The number of benzene rings is 4. The van der Waals surface area contributed by atoms with Crippen molar-refractivity contribution in [1.82, 2.24) is 0 Å². The molecule has 0 heterocycles. The van der Waals surface area contributed by atoms with E-state index in [1.54, 1.807) is 0 Å². The maximum atomic E-state index is 14.1. The van der Waals surface area contributed by atoms with Gasteiger partial charge in [0.05, 0.1) is 11.1 Å². The van der Waals surface area contributed by atoms with Crippen molar-refractivity contribution in [3.63, 3.8) is 0 Å². The number of carbonyl (C=O) groups excluding carboxylic acids is 2. The van der Waals surface area contributed by atoms with Gasteiger partial charge in [-0.05, 0) is 116 Å². The molecule has 0 saturated heterocycles. The Hall–Kier alpha value is -4.46. The first-order valence-electron chi connectivity index (χ1n) is 18.7. The van der Waals surface area contributed by atoms with Crippen LogP contribution in [0.2, 0.25) is 0 Å². The van der Waals surface area contributed by atoms with Gasteiger partial charge in [-0.2, -0.15) is 0 Å². The van der Waals surface area contributed by atoms with Gasteiger partial charge in [-0.25, -0.2) is 0 Å². The summed E-state index contributed by atoms with van der Waals surface area (Å²) in [6.45, 7) is 22.6. The molecule has 0 spiro atoms. The summed E-state index contributed by atoms with van der Waals surface area (Å²) < 4.78 is 59.6. The Morgan fingerprint density at radius 3 is 0.917 bits per heavy atom.